The number of fused-ring (bicyclic) bond motifs is 2. The number of rotatable bonds is 2. The minimum Gasteiger partial charge on any atom is -0.468 e. The maximum absolute atomic E-state index is 5.89. The van der Waals surface area contributed by atoms with Gasteiger partial charge in [0.15, 0.2) is 0 Å². The van der Waals surface area contributed by atoms with Crippen LogP contribution in [0.3, 0.4) is 0 Å². The quantitative estimate of drug-likeness (QED) is 0.497. The van der Waals surface area contributed by atoms with Crippen LogP contribution in [0, 0.1) is 0 Å². The zero-order chi connectivity index (χ0) is 14.2. The average Bonchev–Trinajstić information content (AvgIpc) is 2.96. The molecule has 0 spiro atoms. The van der Waals surface area contributed by atoms with Gasteiger partial charge in [-0.2, -0.15) is 0 Å². The van der Waals surface area contributed by atoms with E-state index < -0.39 is 0 Å². The highest BCUT2D eigenvalue weighted by Crippen LogP contribution is 2.39. The van der Waals surface area contributed by atoms with Crippen molar-refractivity contribution in [3.8, 4) is 17.1 Å². The van der Waals surface area contributed by atoms with Gasteiger partial charge in [0.05, 0.1) is 7.11 Å². The molecule has 21 heavy (non-hydrogen) atoms. The van der Waals surface area contributed by atoms with Gasteiger partial charge in [-0.15, -0.1) is 0 Å². The van der Waals surface area contributed by atoms with Crippen molar-refractivity contribution in [2.24, 2.45) is 0 Å². The summed E-state index contributed by atoms with van der Waals surface area (Å²) in [7, 11) is 1.62. The molecule has 2 heteroatoms. The Bertz CT molecular complexity index is 920. The number of ether oxygens (including phenoxy) is 1. The van der Waals surface area contributed by atoms with Crippen molar-refractivity contribution >= 4 is 21.7 Å². The molecule has 4 rings (SSSR count). The van der Waals surface area contributed by atoms with Gasteiger partial charge in [-0.25, -0.2) is 0 Å². The van der Waals surface area contributed by atoms with Gasteiger partial charge in [-0.1, -0.05) is 54.6 Å². The fourth-order valence-electron chi connectivity index (χ4n) is 2.82. The van der Waals surface area contributed by atoms with Gasteiger partial charge in [-0.05, 0) is 22.4 Å². The number of benzene rings is 3. The molecule has 0 amide bonds. The second-order valence-corrected chi connectivity index (χ2v) is 5.03. The van der Waals surface area contributed by atoms with Crippen LogP contribution in [0.25, 0.3) is 32.9 Å². The molecule has 0 aliphatic carbocycles. The van der Waals surface area contributed by atoms with E-state index in [9.17, 15) is 0 Å². The van der Waals surface area contributed by atoms with E-state index in [0.29, 0.717) is 5.95 Å². The lowest BCUT2D eigenvalue weighted by Crippen LogP contribution is -1.82. The van der Waals surface area contributed by atoms with E-state index in [4.69, 9.17) is 9.15 Å². The highest BCUT2D eigenvalue weighted by molar-refractivity contribution is 6.10. The Balaban J connectivity index is 2.18. The highest BCUT2D eigenvalue weighted by atomic mass is 16.6. The van der Waals surface area contributed by atoms with Crippen molar-refractivity contribution in [2.45, 2.75) is 0 Å². The van der Waals surface area contributed by atoms with Crippen molar-refractivity contribution in [2.75, 3.05) is 7.11 Å². The predicted molar refractivity (Wildman–Crippen MR) is 85.7 cm³/mol. The van der Waals surface area contributed by atoms with E-state index in [1.165, 1.54) is 10.8 Å². The van der Waals surface area contributed by atoms with Crippen LogP contribution >= 0.6 is 0 Å². The Morgan fingerprint density at radius 1 is 0.810 bits per heavy atom. The minimum absolute atomic E-state index is 0.539. The molecule has 1 aromatic heterocycles. The third-order valence-electron chi connectivity index (χ3n) is 3.77. The Kier molecular flexibility index (Phi) is 2.68. The molecule has 0 atom stereocenters. The van der Waals surface area contributed by atoms with Crippen LogP contribution in [0.2, 0.25) is 0 Å². The number of methoxy groups -OCH3 is 1. The standard InChI is InChI=1S/C19H14O2/c1-20-17-12-15-11-14-9-5-6-10-16(14)18(19(15)21-17)13-7-3-2-4-8-13/h2-12H,1H3. The summed E-state index contributed by atoms with van der Waals surface area (Å²) in [6.45, 7) is 0. The molecule has 0 saturated heterocycles. The van der Waals surface area contributed by atoms with Gasteiger partial charge in [0, 0.05) is 17.0 Å². The van der Waals surface area contributed by atoms with E-state index in [1.54, 1.807) is 7.11 Å². The Hall–Kier alpha value is -2.74. The van der Waals surface area contributed by atoms with Crippen molar-refractivity contribution in [1.82, 2.24) is 0 Å². The third-order valence-corrected chi connectivity index (χ3v) is 3.77. The molecular formula is C19H14O2. The zero-order valence-electron chi connectivity index (χ0n) is 11.7. The lowest BCUT2D eigenvalue weighted by Gasteiger charge is -2.08. The first-order valence-electron chi connectivity index (χ1n) is 6.91. The summed E-state index contributed by atoms with van der Waals surface area (Å²) in [6, 6.07) is 22.8. The maximum Gasteiger partial charge on any atom is 0.285 e. The Morgan fingerprint density at radius 3 is 2.38 bits per heavy atom. The van der Waals surface area contributed by atoms with E-state index in [1.807, 2.05) is 24.3 Å². The average molecular weight is 274 g/mol. The summed E-state index contributed by atoms with van der Waals surface area (Å²) < 4.78 is 11.1. The summed E-state index contributed by atoms with van der Waals surface area (Å²) >= 11 is 0. The maximum atomic E-state index is 5.89. The van der Waals surface area contributed by atoms with Gasteiger partial charge in [0.2, 0.25) is 0 Å². The van der Waals surface area contributed by atoms with E-state index in [0.717, 1.165) is 22.1 Å². The molecule has 102 valence electrons. The van der Waals surface area contributed by atoms with Crippen LogP contribution in [-0.2, 0) is 0 Å². The normalized spacial score (nSPS) is 11.1. The van der Waals surface area contributed by atoms with Crippen LogP contribution in [-0.4, -0.2) is 7.11 Å². The lowest BCUT2D eigenvalue weighted by molar-refractivity contribution is 0.316. The first kappa shape index (κ1) is 12.0. The molecule has 0 unspecified atom stereocenters. The van der Waals surface area contributed by atoms with Gasteiger partial charge >= 0.3 is 0 Å². The highest BCUT2D eigenvalue weighted by Gasteiger charge is 2.14. The number of furan rings is 1. The van der Waals surface area contributed by atoms with E-state index >= 15 is 0 Å². The molecule has 2 nitrogen and oxygen atoms in total. The summed E-state index contributed by atoms with van der Waals surface area (Å²) in [4.78, 5) is 0. The molecule has 0 fully saturated rings. The Morgan fingerprint density at radius 2 is 1.57 bits per heavy atom. The molecule has 0 aliphatic heterocycles. The first-order chi connectivity index (χ1) is 10.4. The summed E-state index contributed by atoms with van der Waals surface area (Å²) in [5.74, 6) is 0.539. The van der Waals surface area contributed by atoms with Gasteiger partial charge in [0.1, 0.15) is 5.58 Å². The molecule has 0 radical (unpaired) electrons. The molecule has 1 heterocycles. The van der Waals surface area contributed by atoms with Crippen molar-refractivity contribution < 1.29 is 9.15 Å². The van der Waals surface area contributed by atoms with Crippen LogP contribution in [0.5, 0.6) is 5.95 Å². The number of hydrogen-bond donors (Lipinski definition) is 0. The smallest absolute Gasteiger partial charge is 0.285 e. The third kappa shape index (κ3) is 1.88. The summed E-state index contributed by atoms with van der Waals surface area (Å²) in [5.41, 5.74) is 3.14. The van der Waals surface area contributed by atoms with Crippen molar-refractivity contribution in [3.63, 3.8) is 0 Å². The monoisotopic (exact) mass is 274 g/mol. The topological polar surface area (TPSA) is 22.4 Å². The van der Waals surface area contributed by atoms with Gasteiger partial charge in [0.25, 0.3) is 5.95 Å². The van der Waals surface area contributed by atoms with Crippen LogP contribution < -0.4 is 4.74 Å². The molecule has 0 aliphatic rings. The fraction of sp³-hybridized carbons (Fsp3) is 0.0526. The lowest BCUT2D eigenvalue weighted by atomic mass is 9.96. The molecule has 4 aromatic rings. The molecule has 0 bridgehead atoms. The second-order valence-electron chi connectivity index (χ2n) is 5.03. The van der Waals surface area contributed by atoms with Crippen LogP contribution in [0.4, 0.5) is 0 Å². The second kappa shape index (κ2) is 4.67. The predicted octanol–water partition coefficient (Wildman–Crippen LogP) is 5.26. The summed E-state index contributed by atoms with van der Waals surface area (Å²) in [5, 5.41) is 3.45. The van der Waals surface area contributed by atoms with E-state index in [2.05, 4.69) is 42.5 Å². The van der Waals surface area contributed by atoms with Crippen molar-refractivity contribution in [1.29, 1.82) is 0 Å². The largest absolute Gasteiger partial charge is 0.468 e. The summed E-state index contributed by atoms with van der Waals surface area (Å²) in [6.07, 6.45) is 0. The van der Waals surface area contributed by atoms with Crippen LogP contribution in [0.1, 0.15) is 0 Å². The SMILES string of the molecule is COc1cc2cc3ccccc3c(-c3ccccc3)c2o1. The molecule has 0 N–H and O–H groups in total. The molecule has 3 aromatic carbocycles. The van der Waals surface area contributed by atoms with Gasteiger partial charge < -0.3 is 9.15 Å². The fourth-order valence-corrected chi connectivity index (χ4v) is 2.82. The minimum atomic E-state index is 0.539. The van der Waals surface area contributed by atoms with Crippen molar-refractivity contribution in [3.05, 3.63) is 66.7 Å². The first-order valence-corrected chi connectivity index (χ1v) is 6.91. The zero-order valence-corrected chi connectivity index (χ0v) is 11.7. The van der Waals surface area contributed by atoms with E-state index in [-0.39, 0.29) is 0 Å². The molecular weight excluding hydrogens is 260 g/mol. The van der Waals surface area contributed by atoms with Gasteiger partial charge in [-0.3, -0.25) is 0 Å². The number of hydrogen-bond acceptors (Lipinski definition) is 2. The van der Waals surface area contributed by atoms with Crippen LogP contribution in [0.15, 0.2) is 71.1 Å². The Labute approximate surface area is 122 Å². The molecule has 0 saturated carbocycles.